The lowest BCUT2D eigenvalue weighted by Crippen LogP contribution is -2.14. The molecule has 24 heavy (non-hydrogen) atoms. The monoisotopic (exact) mass is 323 g/mol. The maximum atomic E-state index is 11.3. The van der Waals surface area contributed by atoms with Crippen LogP contribution in [0.15, 0.2) is 53.6 Å². The molecule has 0 heterocycles. The van der Waals surface area contributed by atoms with Gasteiger partial charge in [0.2, 0.25) is 0 Å². The summed E-state index contributed by atoms with van der Waals surface area (Å²) in [6, 6.07) is 8.63. The Kier molecular flexibility index (Phi) is 5.00. The molecule has 2 aliphatic carbocycles. The van der Waals surface area contributed by atoms with Gasteiger partial charge in [-0.1, -0.05) is 42.0 Å². The molecule has 3 heteroatoms. The van der Waals surface area contributed by atoms with Crippen LogP contribution in [0, 0.1) is 5.92 Å². The second kappa shape index (κ2) is 7.18. The molecule has 0 spiro atoms. The van der Waals surface area contributed by atoms with E-state index in [4.69, 9.17) is 0 Å². The van der Waals surface area contributed by atoms with Crippen molar-refractivity contribution < 1.29 is 9.90 Å². The van der Waals surface area contributed by atoms with E-state index in [2.05, 4.69) is 49.3 Å². The number of carbonyl (C=O) groups is 1. The van der Waals surface area contributed by atoms with Crippen molar-refractivity contribution >= 4 is 11.5 Å². The van der Waals surface area contributed by atoms with Gasteiger partial charge in [0.05, 0.1) is 5.57 Å². The third kappa shape index (κ3) is 3.51. The maximum Gasteiger partial charge on any atom is 0.335 e. The van der Waals surface area contributed by atoms with E-state index in [0.717, 1.165) is 32.2 Å². The van der Waals surface area contributed by atoms with Gasteiger partial charge in [-0.15, -0.1) is 0 Å². The Labute approximate surface area is 144 Å². The average Bonchev–Trinajstić information content (AvgIpc) is 2.71. The molecule has 1 atom stereocenters. The molecule has 0 fully saturated rings. The van der Waals surface area contributed by atoms with E-state index in [0.29, 0.717) is 11.5 Å². The number of allylic oxidation sites excluding steroid dienone is 3. The van der Waals surface area contributed by atoms with Crippen molar-refractivity contribution in [1.82, 2.24) is 4.90 Å². The van der Waals surface area contributed by atoms with Crippen LogP contribution in [-0.4, -0.2) is 36.6 Å². The Morgan fingerprint density at radius 2 is 2.08 bits per heavy atom. The third-order valence-corrected chi connectivity index (χ3v) is 4.94. The average molecular weight is 323 g/mol. The van der Waals surface area contributed by atoms with Crippen molar-refractivity contribution in [2.45, 2.75) is 25.7 Å². The molecule has 0 radical (unpaired) electrons. The van der Waals surface area contributed by atoms with Crippen LogP contribution < -0.4 is 0 Å². The molecule has 0 aliphatic heterocycles. The number of rotatable bonds is 4. The number of nitrogens with zero attached hydrogens (tertiary/aromatic N) is 1. The summed E-state index contributed by atoms with van der Waals surface area (Å²) in [7, 11) is 4.18. The second-order valence-corrected chi connectivity index (χ2v) is 6.88. The van der Waals surface area contributed by atoms with Crippen LogP contribution in [0.4, 0.5) is 0 Å². The first-order chi connectivity index (χ1) is 11.6. The minimum atomic E-state index is -0.819. The summed E-state index contributed by atoms with van der Waals surface area (Å²) in [5, 5.41) is 9.31. The molecule has 1 N–H and O–H groups in total. The predicted octanol–water partition coefficient (Wildman–Crippen LogP) is 3.93. The van der Waals surface area contributed by atoms with Gasteiger partial charge in [-0.05, 0) is 62.6 Å². The molecule has 3 nitrogen and oxygen atoms in total. The minimum absolute atomic E-state index is 0.318. The first-order valence-corrected chi connectivity index (χ1v) is 8.63. The number of aryl methyl sites for hydroxylation is 1. The second-order valence-electron chi connectivity index (χ2n) is 6.88. The van der Waals surface area contributed by atoms with Crippen molar-refractivity contribution in [3.63, 3.8) is 0 Å². The number of aliphatic carboxylic acids is 1. The highest BCUT2D eigenvalue weighted by Crippen LogP contribution is 2.42. The highest BCUT2D eigenvalue weighted by atomic mass is 16.4. The number of carboxylic acids is 1. The molecular weight excluding hydrogens is 298 g/mol. The molecule has 1 unspecified atom stereocenters. The van der Waals surface area contributed by atoms with Crippen LogP contribution in [0.2, 0.25) is 0 Å². The van der Waals surface area contributed by atoms with Gasteiger partial charge in [0.25, 0.3) is 0 Å². The summed E-state index contributed by atoms with van der Waals surface area (Å²) >= 11 is 0. The Morgan fingerprint density at radius 3 is 2.83 bits per heavy atom. The fourth-order valence-corrected chi connectivity index (χ4v) is 3.69. The molecular formula is C21H25NO2. The fourth-order valence-electron chi connectivity index (χ4n) is 3.69. The van der Waals surface area contributed by atoms with E-state index < -0.39 is 5.97 Å². The highest BCUT2D eigenvalue weighted by molar-refractivity contribution is 5.91. The van der Waals surface area contributed by atoms with Crippen LogP contribution in [0.1, 0.15) is 30.4 Å². The van der Waals surface area contributed by atoms with Crippen molar-refractivity contribution in [2.75, 3.05) is 20.6 Å². The summed E-state index contributed by atoms with van der Waals surface area (Å²) in [6.07, 6.45) is 9.87. The van der Waals surface area contributed by atoms with Crippen LogP contribution in [-0.2, 0) is 11.2 Å². The van der Waals surface area contributed by atoms with Gasteiger partial charge in [-0.2, -0.15) is 0 Å². The van der Waals surface area contributed by atoms with Crippen molar-refractivity contribution in [1.29, 1.82) is 0 Å². The zero-order valence-corrected chi connectivity index (χ0v) is 14.5. The lowest BCUT2D eigenvalue weighted by molar-refractivity contribution is -0.132. The molecule has 3 rings (SSSR count). The SMILES string of the molecule is CN(C)CC/C=C1\c2ccccc2CCC2=CC(C(=O)O)=CCC21. The zero-order chi connectivity index (χ0) is 17.1. The molecule has 0 bridgehead atoms. The first kappa shape index (κ1) is 16.7. The smallest absolute Gasteiger partial charge is 0.335 e. The lowest BCUT2D eigenvalue weighted by atomic mass is 9.80. The van der Waals surface area contributed by atoms with Crippen molar-refractivity contribution in [3.8, 4) is 0 Å². The Hall–Kier alpha value is -2.13. The third-order valence-electron chi connectivity index (χ3n) is 4.94. The van der Waals surface area contributed by atoms with E-state index in [1.807, 2.05) is 12.2 Å². The molecule has 1 aromatic carbocycles. The van der Waals surface area contributed by atoms with E-state index in [-0.39, 0.29) is 0 Å². The van der Waals surface area contributed by atoms with E-state index in [1.165, 1.54) is 22.3 Å². The molecule has 0 saturated heterocycles. The number of hydrogen-bond donors (Lipinski definition) is 1. The summed E-state index contributed by atoms with van der Waals surface area (Å²) in [5.41, 5.74) is 5.80. The number of benzene rings is 1. The maximum absolute atomic E-state index is 11.3. The molecule has 0 saturated carbocycles. The Bertz CT molecular complexity index is 725. The van der Waals surface area contributed by atoms with Gasteiger partial charge >= 0.3 is 5.97 Å². The first-order valence-electron chi connectivity index (χ1n) is 8.63. The molecule has 0 aromatic heterocycles. The quantitative estimate of drug-likeness (QED) is 0.913. The van der Waals surface area contributed by atoms with E-state index in [9.17, 15) is 9.90 Å². The van der Waals surface area contributed by atoms with Crippen LogP contribution in [0.5, 0.6) is 0 Å². The van der Waals surface area contributed by atoms with Gasteiger partial charge in [-0.3, -0.25) is 0 Å². The van der Waals surface area contributed by atoms with E-state index in [1.54, 1.807) is 0 Å². The van der Waals surface area contributed by atoms with Crippen molar-refractivity contribution in [3.05, 3.63) is 64.8 Å². The van der Waals surface area contributed by atoms with Gasteiger partial charge < -0.3 is 10.0 Å². The summed E-state index contributed by atoms with van der Waals surface area (Å²) in [6.45, 7) is 1.02. The van der Waals surface area contributed by atoms with Gasteiger partial charge in [0, 0.05) is 12.5 Å². The summed E-state index contributed by atoms with van der Waals surface area (Å²) in [5.74, 6) is -0.500. The molecule has 2 aliphatic rings. The number of hydrogen-bond acceptors (Lipinski definition) is 2. The lowest BCUT2D eigenvalue weighted by Gasteiger charge is -2.24. The topological polar surface area (TPSA) is 40.5 Å². The summed E-state index contributed by atoms with van der Waals surface area (Å²) < 4.78 is 0. The van der Waals surface area contributed by atoms with Crippen LogP contribution in [0.3, 0.4) is 0 Å². The van der Waals surface area contributed by atoms with Gasteiger partial charge in [-0.25, -0.2) is 4.79 Å². The predicted molar refractivity (Wildman–Crippen MR) is 97.8 cm³/mol. The van der Waals surface area contributed by atoms with Crippen molar-refractivity contribution in [2.24, 2.45) is 5.92 Å². The molecule has 1 aromatic rings. The largest absolute Gasteiger partial charge is 0.478 e. The zero-order valence-electron chi connectivity index (χ0n) is 14.5. The van der Waals surface area contributed by atoms with Gasteiger partial charge in [0.1, 0.15) is 0 Å². The number of carboxylic acid groups (broad SMARTS) is 1. The standard InChI is InChI=1S/C21H25NO2/c1-22(2)13-5-8-20-18-7-4-3-6-15(18)9-10-16-14-17(21(23)24)11-12-19(16)20/h3-4,6-8,11,14,19H,5,9-10,12-13H2,1-2H3,(H,23,24)/b20-8+. The van der Waals surface area contributed by atoms with Gasteiger partial charge in [0.15, 0.2) is 0 Å². The molecule has 126 valence electrons. The Balaban J connectivity index is 1.99. The normalized spacial score (nSPS) is 21.6. The number of fused-ring (bicyclic) bond motifs is 2. The summed E-state index contributed by atoms with van der Waals surface area (Å²) in [4.78, 5) is 13.5. The Morgan fingerprint density at radius 1 is 1.29 bits per heavy atom. The minimum Gasteiger partial charge on any atom is -0.478 e. The van der Waals surface area contributed by atoms with Crippen LogP contribution in [0.25, 0.3) is 5.57 Å². The molecule has 0 amide bonds. The van der Waals surface area contributed by atoms with E-state index >= 15 is 0 Å². The van der Waals surface area contributed by atoms with Crippen LogP contribution >= 0.6 is 0 Å². The highest BCUT2D eigenvalue weighted by Gasteiger charge is 2.28. The fraction of sp³-hybridized carbons (Fsp3) is 0.381.